The van der Waals surface area contributed by atoms with Crippen LogP contribution in [-0.4, -0.2) is 36.8 Å². The molecule has 0 saturated heterocycles. The van der Waals surface area contributed by atoms with E-state index in [1.54, 1.807) is 26.4 Å². The molecule has 1 aromatic heterocycles. The van der Waals surface area contributed by atoms with Crippen molar-refractivity contribution in [3.63, 3.8) is 0 Å². The Balaban J connectivity index is 1.49. The lowest BCUT2D eigenvalue weighted by Crippen LogP contribution is -2.27. The van der Waals surface area contributed by atoms with E-state index in [4.69, 9.17) is 14.0 Å². The molecular formula is C20H21N3O4. The summed E-state index contributed by atoms with van der Waals surface area (Å²) < 4.78 is 15.7. The van der Waals surface area contributed by atoms with Gasteiger partial charge in [-0.1, -0.05) is 41.6 Å². The highest BCUT2D eigenvalue weighted by molar-refractivity contribution is 5.78. The van der Waals surface area contributed by atoms with E-state index >= 15 is 0 Å². The molecule has 0 radical (unpaired) electrons. The van der Waals surface area contributed by atoms with E-state index in [9.17, 15) is 4.79 Å². The zero-order valence-electron chi connectivity index (χ0n) is 15.3. The first-order valence-corrected chi connectivity index (χ1v) is 8.55. The Labute approximate surface area is 157 Å². The van der Waals surface area contributed by atoms with Gasteiger partial charge in [0.1, 0.15) is 0 Å². The molecule has 0 bridgehead atoms. The number of methoxy groups -OCH3 is 2. The summed E-state index contributed by atoms with van der Waals surface area (Å²) in [7, 11) is 3.14. The van der Waals surface area contributed by atoms with Crippen molar-refractivity contribution >= 4 is 5.91 Å². The third kappa shape index (κ3) is 4.84. The molecule has 3 rings (SSSR count). The number of nitrogens with zero attached hydrogens (tertiary/aromatic N) is 2. The molecule has 0 aliphatic heterocycles. The van der Waals surface area contributed by atoms with Crippen LogP contribution in [0.25, 0.3) is 11.4 Å². The van der Waals surface area contributed by atoms with Gasteiger partial charge in [-0.15, -0.1) is 0 Å². The largest absolute Gasteiger partial charge is 0.493 e. The highest BCUT2D eigenvalue weighted by Crippen LogP contribution is 2.27. The number of aromatic nitrogens is 2. The van der Waals surface area contributed by atoms with Crippen LogP contribution in [0.5, 0.6) is 11.5 Å². The minimum absolute atomic E-state index is 0.0926. The van der Waals surface area contributed by atoms with Gasteiger partial charge < -0.3 is 19.3 Å². The number of benzene rings is 2. The molecule has 7 heteroatoms. The SMILES string of the molecule is COc1ccc(CC(=O)NCCc2nc(-c3ccccc3)no2)cc1OC. The Bertz CT molecular complexity index is 893. The second-order valence-corrected chi connectivity index (χ2v) is 5.84. The lowest BCUT2D eigenvalue weighted by atomic mass is 10.1. The summed E-state index contributed by atoms with van der Waals surface area (Å²) in [6, 6.07) is 15.0. The molecule has 0 unspecified atom stereocenters. The van der Waals surface area contributed by atoms with Gasteiger partial charge in [-0.05, 0) is 17.7 Å². The number of hydrogen-bond acceptors (Lipinski definition) is 6. The van der Waals surface area contributed by atoms with Crippen molar-refractivity contribution in [3.05, 3.63) is 60.0 Å². The summed E-state index contributed by atoms with van der Waals surface area (Å²) in [5.41, 5.74) is 1.74. The molecule has 0 atom stereocenters. The fourth-order valence-corrected chi connectivity index (χ4v) is 2.61. The minimum Gasteiger partial charge on any atom is -0.493 e. The molecule has 1 N–H and O–H groups in total. The zero-order chi connectivity index (χ0) is 19.1. The van der Waals surface area contributed by atoms with E-state index in [1.165, 1.54) is 0 Å². The number of ether oxygens (including phenoxy) is 2. The van der Waals surface area contributed by atoms with Gasteiger partial charge in [0.2, 0.25) is 17.6 Å². The van der Waals surface area contributed by atoms with Crippen molar-refractivity contribution in [3.8, 4) is 22.9 Å². The first kappa shape index (κ1) is 18.4. The Morgan fingerprint density at radius 1 is 1.07 bits per heavy atom. The van der Waals surface area contributed by atoms with Crippen LogP contribution >= 0.6 is 0 Å². The van der Waals surface area contributed by atoms with E-state index in [-0.39, 0.29) is 12.3 Å². The predicted molar refractivity (Wildman–Crippen MR) is 99.7 cm³/mol. The zero-order valence-corrected chi connectivity index (χ0v) is 15.3. The standard InChI is InChI=1S/C20H21N3O4/c1-25-16-9-8-14(12-17(16)26-2)13-18(24)21-11-10-19-22-20(23-27-19)15-6-4-3-5-7-15/h3-9,12H,10-11,13H2,1-2H3,(H,21,24). The molecule has 0 saturated carbocycles. The average molecular weight is 367 g/mol. The van der Waals surface area contributed by atoms with E-state index in [1.807, 2.05) is 36.4 Å². The highest BCUT2D eigenvalue weighted by Gasteiger charge is 2.10. The van der Waals surface area contributed by atoms with Crippen LogP contribution < -0.4 is 14.8 Å². The van der Waals surface area contributed by atoms with E-state index < -0.39 is 0 Å². The van der Waals surface area contributed by atoms with E-state index in [0.29, 0.717) is 36.2 Å². The number of hydrogen-bond donors (Lipinski definition) is 1. The topological polar surface area (TPSA) is 86.5 Å². The monoisotopic (exact) mass is 367 g/mol. The number of amides is 1. The molecule has 140 valence electrons. The Kier molecular flexibility index (Phi) is 6.04. The lowest BCUT2D eigenvalue weighted by molar-refractivity contribution is -0.120. The molecule has 1 heterocycles. The summed E-state index contributed by atoms with van der Waals surface area (Å²) in [5.74, 6) is 2.17. The van der Waals surface area contributed by atoms with Crippen LogP contribution in [-0.2, 0) is 17.6 Å². The van der Waals surface area contributed by atoms with Gasteiger partial charge in [-0.3, -0.25) is 4.79 Å². The molecule has 0 aliphatic rings. The summed E-state index contributed by atoms with van der Waals surface area (Å²) in [5, 5.41) is 6.82. The van der Waals surface area contributed by atoms with Gasteiger partial charge >= 0.3 is 0 Å². The fraction of sp³-hybridized carbons (Fsp3) is 0.250. The van der Waals surface area contributed by atoms with Gasteiger partial charge in [0.25, 0.3) is 0 Å². The Morgan fingerprint density at radius 2 is 1.85 bits per heavy atom. The van der Waals surface area contributed by atoms with Crippen LogP contribution in [0.1, 0.15) is 11.5 Å². The van der Waals surface area contributed by atoms with Crippen molar-refractivity contribution in [2.24, 2.45) is 0 Å². The van der Waals surface area contributed by atoms with Crippen LogP contribution in [0.15, 0.2) is 53.1 Å². The van der Waals surface area contributed by atoms with Gasteiger partial charge in [-0.2, -0.15) is 4.98 Å². The van der Waals surface area contributed by atoms with E-state index in [2.05, 4.69) is 15.5 Å². The van der Waals surface area contributed by atoms with Crippen molar-refractivity contribution in [2.45, 2.75) is 12.8 Å². The summed E-state index contributed by atoms with van der Waals surface area (Å²) in [4.78, 5) is 16.5. The summed E-state index contributed by atoms with van der Waals surface area (Å²) in [6.07, 6.45) is 0.719. The predicted octanol–water partition coefficient (Wildman–Crippen LogP) is 2.66. The third-order valence-corrected chi connectivity index (χ3v) is 3.97. The Hall–Kier alpha value is -3.35. The van der Waals surface area contributed by atoms with Crippen LogP contribution in [0.4, 0.5) is 0 Å². The molecule has 3 aromatic rings. The van der Waals surface area contributed by atoms with Crippen molar-refractivity contribution in [1.29, 1.82) is 0 Å². The van der Waals surface area contributed by atoms with Gasteiger partial charge in [0, 0.05) is 18.5 Å². The van der Waals surface area contributed by atoms with Crippen molar-refractivity contribution in [1.82, 2.24) is 15.5 Å². The second kappa shape index (κ2) is 8.84. The van der Waals surface area contributed by atoms with Crippen LogP contribution in [0.2, 0.25) is 0 Å². The number of rotatable bonds is 8. The fourth-order valence-electron chi connectivity index (χ4n) is 2.61. The van der Waals surface area contributed by atoms with Gasteiger partial charge in [0.15, 0.2) is 11.5 Å². The maximum Gasteiger partial charge on any atom is 0.228 e. The minimum atomic E-state index is -0.0926. The normalized spacial score (nSPS) is 10.4. The van der Waals surface area contributed by atoms with Crippen LogP contribution in [0, 0.1) is 0 Å². The van der Waals surface area contributed by atoms with Crippen molar-refractivity contribution in [2.75, 3.05) is 20.8 Å². The average Bonchev–Trinajstić information content (AvgIpc) is 3.17. The maximum atomic E-state index is 12.1. The lowest BCUT2D eigenvalue weighted by Gasteiger charge is -2.09. The molecule has 0 aliphatic carbocycles. The number of carbonyl (C=O) groups excluding carboxylic acids is 1. The van der Waals surface area contributed by atoms with Gasteiger partial charge in [-0.25, -0.2) is 0 Å². The number of nitrogens with one attached hydrogen (secondary N) is 1. The molecular weight excluding hydrogens is 346 g/mol. The van der Waals surface area contributed by atoms with Crippen molar-refractivity contribution < 1.29 is 18.8 Å². The van der Waals surface area contributed by atoms with Gasteiger partial charge in [0.05, 0.1) is 20.6 Å². The molecule has 27 heavy (non-hydrogen) atoms. The highest BCUT2D eigenvalue weighted by atomic mass is 16.5. The first-order valence-electron chi connectivity index (χ1n) is 8.55. The molecule has 0 spiro atoms. The third-order valence-electron chi connectivity index (χ3n) is 3.97. The molecule has 0 fully saturated rings. The Morgan fingerprint density at radius 3 is 2.59 bits per heavy atom. The number of carbonyl (C=O) groups is 1. The molecule has 2 aromatic carbocycles. The summed E-state index contributed by atoms with van der Waals surface area (Å²) in [6.45, 7) is 0.419. The quantitative estimate of drug-likeness (QED) is 0.659. The molecule has 1 amide bonds. The smallest absolute Gasteiger partial charge is 0.228 e. The second-order valence-electron chi connectivity index (χ2n) is 5.84. The summed E-state index contributed by atoms with van der Waals surface area (Å²) >= 11 is 0. The molecule has 7 nitrogen and oxygen atoms in total. The van der Waals surface area contributed by atoms with Crippen LogP contribution in [0.3, 0.4) is 0 Å². The maximum absolute atomic E-state index is 12.1. The first-order chi connectivity index (χ1) is 13.2. The van der Waals surface area contributed by atoms with E-state index in [0.717, 1.165) is 11.1 Å².